The molecule has 0 radical (unpaired) electrons. The molecule has 0 saturated carbocycles. The van der Waals surface area contributed by atoms with Gasteiger partial charge in [-0.2, -0.15) is 4.98 Å². The monoisotopic (exact) mass is 245 g/mol. The lowest BCUT2D eigenvalue weighted by molar-refractivity contribution is 0.351. The molecule has 2 N–H and O–H groups in total. The minimum atomic E-state index is 0.230. The van der Waals surface area contributed by atoms with Crippen LogP contribution < -0.4 is 5.73 Å². The van der Waals surface area contributed by atoms with Crippen LogP contribution >= 0.6 is 0 Å². The molecule has 1 unspecified atom stereocenters. The topological polar surface area (TPSA) is 64.9 Å². The van der Waals surface area contributed by atoms with E-state index in [0.29, 0.717) is 18.9 Å². The Kier molecular flexibility index (Phi) is 4.10. The van der Waals surface area contributed by atoms with Gasteiger partial charge in [0.05, 0.1) is 0 Å². The minimum absolute atomic E-state index is 0.230. The van der Waals surface area contributed by atoms with Gasteiger partial charge < -0.3 is 10.3 Å². The van der Waals surface area contributed by atoms with E-state index in [9.17, 15) is 0 Å². The number of nitrogens with two attached hydrogens (primary N) is 1. The maximum atomic E-state index is 5.52. The average Bonchev–Trinajstić information content (AvgIpc) is 2.78. The van der Waals surface area contributed by atoms with Gasteiger partial charge in [0, 0.05) is 12.3 Å². The van der Waals surface area contributed by atoms with E-state index < -0.39 is 0 Å². The number of aromatic nitrogens is 2. The first kappa shape index (κ1) is 12.8. The van der Waals surface area contributed by atoms with Crippen molar-refractivity contribution in [2.45, 2.75) is 32.6 Å². The van der Waals surface area contributed by atoms with Gasteiger partial charge in [0.1, 0.15) is 0 Å². The van der Waals surface area contributed by atoms with Crippen molar-refractivity contribution in [1.82, 2.24) is 10.1 Å². The smallest absolute Gasteiger partial charge is 0.229 e. The summed E-state index contributed by atoms with van der Waals surface area (Å²) in [6.45, 7) is 4.77. The number of benzene rings is 1. The Hall–Kier alpha value is -1.68. The van der Waals surface area contributed by atoms with Crippen LogP contribution in [0.3, 0.4) is 0 Å². The fourth-order valence-electron chi connectivity index (χ4n) is 1.92. The zero-order valence-corrected chi connectivity index (χ0v) is 10.9. The predicted octanol–water partition coefficient (Wildman–Crippen LogP) is 2.42. The van der Waals surface area contributed by atoms with Crippen LogP contribution in [0.15, 0.2) is 28.8 Å². The van der Waals surface area contributed by atoms with E-state index in [-0.39, 0.29) is 5.92 Å². The summed E-state index contributed by atoms with van der Waals surface area (Å²) in [5.74, 6) is 1.65. The molecule has 0 aliphatic carbocycles. The highest BCUT2D eigenvalue weighted by atomic mass is 16.5. The lowest BCUT2D eigenvalue weighted by Crippen LogP contribution is -2.04. The maximum absolute atomic E-state index is 5.52. The summed E-state index contributed by atoms with van der Waals surface area (Å²) < 4.78 is 5.26. The van der Waals surface area contributed by atoms with Crippen molar-refractivity contribution in [3.63, 3.8) is 0 Å². The van der Waals surface area contributed by atoms with Crippen molar-refractivity contribution in [2.24, 2.45) is 5.73 Å². The summed E-state index contributed by atoms with van der Waals surface area (Å²) in [5.41, 5.74) is 7.97. The number of rotatable bonds is 5. The first-order valence-electron chi connectivity index (χ1n) is 6.27. The van der Waals surface area contributed by atoms with Crippen molar-refractivity contribution >= 4 is 0 Å². The molecule has 1 heterocycles. The Bertz CT molecular complexity index is 507. The molecule has 18 heavy (non-hydrogen) atoms. The van der Waals surface area contributed by atoms with E-state index in [0.717, 1.165) is 12.2 Å². The van der Waals surface area contributed by atoms with Gasteiger partial charge >= 0.3 is 0 Å². The van der Waals surface area contributed by atoms with Crippen LogP contribution in [0.25, 0.3) is 0 Å². The molecule has 0 spiro atoms. The van der Waals surface area contributed by atoms with E-state index in [1.807, 2.05) is 6.07 Å². The summed E-state index contributed by atoms with van der Waals surface area (Å²) in [6.07, 6.45) is 1.58. The largest absolute Gasteiger partial charge is 0.339 e. The molecule has 1 aromatic heterocycles. The van der Waals surface area contributed by atoms with Gasteiger partial charge in [-0.3, -0.25) is 0 Å². The molecule has 0 aliphatic heterocycles. The van der Waals surface area contributed by atoms with Gasteiger partial charge in [-0.1, -0.05) is 41.9 Å². The SMILES string of the molecule is Cc1cccc(Cc2noc(C(C)CCN)n2)c1. The standard InChI is InChI=1S/C14H19N3O/c1-10-4-3-5-12(8-10)9-13-16-14(18-17-13)11(2)6-7-15/h3-5,8,11H,6-7,9,15H2,1-2H3. The quantitative estimate of drug-likeness (QED) is 0.878. The maximum Gasteiger partial charge on any atom is 0.229 e. The first-order valence-corrected chi connectivity index (χ1v) is 6.27. The summed E-state index contributed by atoms with van der Waals surface area (Å²) in [7, 11) is 0. The van der Waals surface area contributed by atoms with Crippen molar-refractivity contribution < 1.29 is 4.52 Å². The van der Waals surface area contributed by atoms with Gasteiger partial charge in [-0.15, -0.1) is 0 Å². The van der Waals surface area contributed by atoms with Gasteiger partial charge in [0.2, 0.25) is 5.89 Å². The van der Waals surface area contributed by atoms with Crippen LogP contribution in [0.1, 0.15) is 42.1 Å². The van der Waals surface area contributed by atoms with E-state index >= 15 is 0 Å². The van der Waals surface area contributed by atoms with E-state index in [4.69, 9.17) is 10.3 Å². The molecule has 0 bridgehead atoms. The lowest BCUT2D eigenvalue weighted by atomic mass is 10.1. The second-order valence-corrected chi connectivity index (χ2v) is 4.69. The van der Waals surface area contributed by atoms with Crippen LogP contribution in [-0.2, 0) is 6.42 Å². The number of aryl methyl sites for hydroxylation is 1. The van der Waals surface area contributed by atoms with Crippen molar-refractivity contribution in [3.8, 4) is 0 Å². The second kappa shape index (κ2) is 5.78. The Morgan fingerprint density at radius 3 is 2.94 bits per heavy atom. The summed E-state index contributed by atoms with van der Waals surface area (Å²) in [4.78, 5) is 4.42. The Morgan fingerprint density at radius 2 is 2.22 bits per heavy atom. The van der Waals surface area contributed by atoms with Crippen LogP contribution in [0.5, 0.6) is 0 Å². The Balaban J connectivity index is 2.06. The Labute approximate surface area is 107 Å². The van der Waals surface area contributed by atoms with Crippen molar-refractivity contribution in [3.05, 3.63) is 47.1 Å². The molecule has 0 saturated heterocycles. The van der Waals surface area contributed by atoms with E-state index in [2.05, 4.69) is 42.2 Å². The lowest BCUT2D eigenvalue weighted by Gasteiger charge is -2.01. The third-order valence-electron chi connectivity index (χ3n) is 2.95. The van der Waals surface area contributed by atoms with Crippen LogP contribution in [0.2, 0.25) is 0 Å². The highest BCUT2D eigenvalue weighted by molar-refractivity contribution is 5.24. The molecule has 4 nitrogen and oxygen atoms in total. The highest BCUT2D eigenvalue weighted by Gasteiger charge is 2.13. The molecule has 0 fully saturated rings. The highest BCUT2D eigenvalue weighted by Crippen LogP contribution is 2.17. The normalized spacial score (nSPS) is 12.6. The zero-order valence-electron chi connectivity index (χ0n) is 10.9. The van der Waals surface area contributed by atoms with Gasteiger partial charge in [-0.05, 0) is 25.5 Å². The fourth-order valence-corrected chi connectivity index (χ4v) is 1.92. The third kappa shape index (κ3) is 3.17. The number of hydrogen-bond acceptors (Lipinski definition) is 4. The summed E-state index contributed by atoms with van der Waals surface area (Å²) in [5, 5.41) is 4.02. The van der Waals surface area contributed by atoms with Crippen LogP contribution in [0.4, 0.5) is 0 Å². The van der Waals surface area contributed by atoms with E-state index in [1.54, 1.807) is 0 Å². The number of hydrogen-bond donors (Lipinski definition) is 1. The summed E-state index contributed by atoms with van der Waals surface area (Å²) >= 11 is 0. The van der Waals surface area contributed by atoms with Crippen LogP contribution in [0, 0.1) is 6.92 Å². The predicted molar refractivity (Wildman–Crippen MR) is 70.4 cm³/mol. The van der Waals surface area contributed by atoms with Gasteiger partial charge in [0.25, 0.3) is 0 Å². The summed E-state index contributed by atoms with van der Waals surface area (Å²) in [6, 6.07) is 8.34. The molecule has 96 valence electrons. The fraction of sp³-hybridized carbons (Fsp3) is 0.429. The zero-order chi connectivity index (χ0) is 13.0. The molecule has 0 amide bonds. The van der Waals surface area contributed by atoms with Gasteiger partial charge in [0.15, 0.2) is 5.82 Å². The molecular formula is C14H19N3O. The molecule has 2 aromatic rings. The molecule has 0 aliphatic rings. The number of nitrogens with zero attached hydrogens (tertiary/aromatic N) is 2. The van der Waals surface area contributed by atoms with Crippen molar-refractivity contribution in [2.75, 3.05) is 6.54 Å². The third-order valence-corrected chi connectivity index (χ3v) is 2.95. The van der Waals surface area contributed by atoms with Crippen molar-refractivity contribution in [1.29, 1.82) is 0 Å². The molecule has 4 heteroatoms. The minimum Gasteiger partial charge on any atom is -0.339 e. The van der Waals surface area contributed by atoms with Gasteiger partial charge in [-0.25, -0.2) is 0 Å². The molecule has 1 atom stereocenters. The van der Waals surface area contributed by atoms with Crippen LogP contribution in [-0.4, -0.2) is 16.7 Å². The second-order valence-electron chi connectivity index (χ2n) is 4.69. The Morgan fingerprint density at radius 1 is 1.39 bits per heavy atom. The average molecular weight is 245 g/mol. The molecule has 2 rings (SSSR count). The first-order chi connectivity index (χ1) is 8.69. The van der Waals surface area contributed by atoms with E-state index in [1.165, 1.54) is 11.1 Å². The molecular weight excluding hydrogens is 226 g/mol. The molecule has 1 aromatic carbocycles.